The third-order valence-electron chi connectivity index (χ3n) is 3.80. The molecule has 96 valence electrons. The van der Waals surface area contributed by atoms with Gasteiger partial charge in [-0.25, -0.2) is 4.98 Å². The number of rotatable bonds is 3. The van der Waals surface area contributed by atoms with Crippen molar-refractivity contribution in [3.8, 4) is 0 Å². The maximum absolute atomic E-state index is 5.68. The second-order valence-electron chi connectivity index (χ2n) is 5.07. The van der Waals surface area contributed by atoms with E-state index in [0.717, 1.165) is 6.04 Å². The molecule has 1 aliphatic rings. The molecule has 5 heteroatoms. The van der Waals surface area contributed by atoms with Crippen molar-refractivity contribution in [2.75, 3.05) is 31.8 Å². The molecule has 0 amide bonds. The van der Waals surface area contributed by atoms with Crippen molar-refractivity contribution < 1.29 is 0 Å². The fraction of sp³-hybridized carbons (Fsp3) is 0.750. The molecule has 1 aromatic rings. The minimum atomic E-state index is 0.644. The zero-order valence-corrected chi connectivity index (χ0v) is 11.7. The normalized spacial score (nSPS) is 25.2. The lowest BCUT2D eigenvalue weighted by Gasteiger charge is -2.37. The van der Waals surface area contributed by atoms with Crippen LogP contribution in [0.4, 0.5) is 10.1 Å². The fourth-order valence-corrected chi connectivity index (χ4v) is 3.30. The summed E-state index contributed by atoms with van der Waals surface area (Å²) in [5.41, 5.74) is 5.68. The summed E-state index contributed by atoms with van der Waals surface area (Å²) in [6.45, 7) is 0. The van der Waals surface area contributed by atoms with Crippen molar-refractivity contribution in [3.63, 3.8) is 0 Å². The molecule has 1 saturated carbocycles. The number of anilines is 2. The number of nitrogens with two attached hydrogens (primary N) is 1. The highest BCUT2D eigenvalue weighted by molar-refractivity contribution is 7.19. The van der Waals surface area contributed by atoms with Crippen molar-refractivity contribution in [1.82, 2.24) is 9.88 Å². The molecular formula is C12H22N4S. The lowest BCUT2D eigenvalue weighted by Crippen LogP contribution is -2.40. The Labute approximate surface area is 107 Å². The van der Waals surface area contributed by atoms with E-state index in [-0.39, 0.29) is 0 Å². The van der Waals surface area contributed by atoms with Crippen LogP contribution in [-0.2, 0) is 0 Å². The standard InChI is InChI=1S/C12H22N4S/c1-15(2)9-4-6-10(7-5-9)16(3)11-8-14-12(13)17-11/h8-10H,4-7H2,1-3H3,(H2,13,14). The Morgan fingerprint density at radius 2 is 1.76 bits per heavy atom. The van der Waals surface area contributed by atoms with Crippen molar-refractivity contribution in [3.05, 3.63) is 6.20 Å². The molecule has 1 fully saturated rings. The van der Waals surface area contributed by atoms with Gasteiger partial charge in [0.1, 0.15) is 5.00 Å². The molecule has 2 rings (SSSR count). The minimum Gasteiger partial charge on any atom is -0.375 e. The van der Waals surface area contributed by atoms with E-state index in [2.05, 4.69) is 35.9 Å². The smallest absolute Gasteiger partial charge is 0.181 e. The van der Waals surface area contributed by atoms with Crippen LogP contribution in [0.15, 0.2) is 6.20 Å². The van der Waals surface area contributed by atoms with Crippen LogP contribution in [-0.4, -0.2) is 43.1 Å². The van der Waals surface area contributed by atoms with Gasteiger partial charge in [0.25, 0.3) is 0 Å². The lowest BCUT2D eigenvalue weighted by molar-refractivity contribution is 0.215. The molecule has 1 heterocycles. The lowest BCUT2D eigenvalue weighted by atomic mass is 9.90. The molecule has 4 nitrogen and oxygen atoms in total. The first kappa shape index (κ1) is 12.6. The van der Waals surface area contributed by atoms with Crippen LogP contribution >= 0.6 is 11.3 Å². The van der Waals surface area contributed by atoms with Gasteiger partial charge >= 0.3 is 0 Å². The Kier molecular flexibility index (Phi) is 3.89. The highest BCUT2D eigenvalue weighted by Gasteiger charge is 2.25. The van der Waals surface area contributed by atoms with Gasteiger partial charge < -0.3 is 15.5 Å². The van der Waals surface area contributed by atoms with Gasteiger partial charge in [-0.1, -0.05) is 11.3 Å². The molecule has 2 N–H and O–H groups in total. The van der Waals surface area contributed by atoms with E-state index < -0.39 is 0 Å². The van der Waals surface area contributed by atoms with Gasteiger partial charge in [-0.2, -0.15) is 0 Å². The second kappa shape index (κ2) is 5.23. The number of thiazole rings is 1. The van der Waals surface area contributed by atoms with Gasteiger partial charge in [0.05, 0.1) is 6.20 Å². The summed E-state index contributed by atoms with van der Waals surface area (Å²) < 4.78 is 0. The quantitative estimate of drug-likeness (QED) is 0.896. The summed E-state index contributed by atoms with van der Waals surface area (Å²) >= 11 is 1.58. The van der Waals surface area contributed by atoms with Crippen molar-refractivity contribution in [2.24, 2.45) is 0 Å². The molecule has 0 saturated heterocycles. The van der Waals surface area contributed by atoms with Crippen molar-refractivity contribution >= 4 is 21.5 Å². The van der Waals surface area contributed by atoms with E-state index in [0.29, 0.717) is 11.2 Å². The first-order valence-corrected chi connectivity index (χ1v) is 7.00. The van der Waals surface area contributed by atoms with Crippen LogP contribution in [0.25, 0.3) is 0 Å². The molecule has 1 aliphatic carbocycles. The second-order valence-corrected chi connectivity index (χ2v) is 6.11. The molecule has 0 spiro atoms. The third-order valence-corrected chi connectivity index (χ3v) is 4.72. The molecule has 1 aromatic heterocycles. The van der Waals surface area contributed by atoms with E-state index >= 15 is 0 Å². The first-order chi connectivity index (χ1) is 8.08. The molecule has 0 atom stereocenters. The van der Waals surface area contributed by atoms with Crippen LogP contribution in [0.5, 0.6) is 0 Å². The van der Waals surface area contributed by atoms with Gasteiger partial charge in [0.2, 0.25) is 0 Å². The summed E-state index contributed by atoms with van der Waals surface area (Å²) in [4.78, 5) is 8.82. The summed E-state index contributed by atoms with van der Waals surface area (Å²) in [5.74, 6) is 0. The number of hydrogen-bond donors (Lipinski definition) is 1. The molecule has 0 bridgehead atoms. The van der Waals surface area contributed by atoms with E-state index in [4.69, 9.17) is 5.73 Å². The average Bonchev–Trinajstić information content (AvgIpc) is 2.75. The third kappa shape index (κ3) is 2.90. The zero-order valence-electron chi connectivity index (χ0n) is 10.9. The van der Waals surface area contributed by atoms with E-state index in [1.807, 2.05) is 6.20 Å². The molecule has 0 unspecified atom stereocenters. The Morgan fingerprint density at radius 3 is 2.24 bits per heavy atom. The maximum atomic E-state index is 5.68. The fourth-order valence-electron chi connectivity index (χ4n) is 2.58. The van der Waals surface area contributed by atoms with Gasteiger partial charge in [-0.05, 0) is 39.8 Å². The van der Waals surface area contributed by atoms with Crippen LogP contribution in [0.1, 0.15) is 25.7 Å². The predicted molar refractivity (Wildman–Crippen MR) is 74.7 cm³/mol. The summed E-state index contributed by atoms with van der Waals surface area (Å²) in [6, 6.07) is 1.40. The average molecular weight is 254 g/mol. The minimum absolute atomic E-state index is 0.644. The molecule has 0 radical (unpaired) electrons. The van der Waals surface area contributed by atoms with E-state index in [1.54, 1.807) is 11.3 Å². The predicted octanol–water partition coefficient (Wildman–Crippen LogP) is 2.03. The van der Waals surface area contributed by atoms with E-state index in [1.165, 1.54) is 30.7 Å². The van der Waals surface area contributed by atoms with E-state index in [9.17, 15) is 0 Å². The zero-order chi connectivity index (χ0) is 12.4. The van der Waals surface area contributed by atoms with Gasteiger partial charge in [0.15, 0.2) is 5.13 Å². The van der Waals surface area contributed by atoms with Gasteiger partial charge in [0, 0.05) is 19.1 Å². The van der Waals surface area contributed by atoms with Crippen LogP contribution in [0, 0.1) is 0 Å². The highest BCUT2D eigenvalue weighted by Crippen LogP contribution is 2.31. The molecule has 0 aliphatic heterocycles. The van der Waals surface area contributed by atoms with Gasteiger partial charge in [-0.3, -0.25) is 0 Å². The number of aromatic nitrogens is 1. The Bertz CT molecular complexity index is 355. The van der Waals surface area contributed by atoms with Gasteiger partial charge in [-0.15, -0.1) is 0 Å². The summed E-state index contributed by atoms with van der Waals surface area (Å²) in [6.07, 6.45) is 6.99. The summed E-state index contributed by atoms with van der Waals surface area (Å²) in [5, 5.41) is 1.85. The van der Waals surface area contributed by atoms with Crippen LogP contribution < -0.4 is 10.6 Å². The topological polar surface area (TPSA) is 45.4 Å². The molecular weight excluding hydrogens is 232 g/mol. The Hall–Kier alpha value is -0.810. The molecule has 0 aromatic carbocycles. The number of nitrogen functional groups attached to an aromatic ring is 1. The highest BCUT2D eigenvalue weighted by atomic mass is 32.1. The van der Waals surface area contributed by atoms with Crippen molar-refractivity contribution in [2.45, 2.75) is 37.8 Å². The number of hydrogen-bond acceptors (Lipinski definition) is 5. The largest absolute Gasteiger partial charge is 0.375 e. The van der Waals surface area contributed by atoms with Crippen LogP contribution in [0.2, 0.25) is 0 Å². The SMILES string of the molecule is CN(C)C1CCC(N(C)c2cnc(N)s2)CC1. The summed E-state index contributed by atoms with van der Waals surface area (Å²) in [7, 11) is 6.52. The van der Waals surface area contributed by atoms with Crippen LogP contribution in [0.3, 0.4) is 0 Å². The monoisotopic (exact) mass is 254 g/mol. The van der Waals surface area contributed by atoms with Crippen molar-refractivity contribution in [1.29, 1.82) is 0 Å². The first-order valence-electron chi connectivity index (χ1n) is 6.18. The maximum Gasteiger partial charge on any atom is 0.181 e. The Morgan fingerprint density at radius 1 is 1.18 bits per heavy atom. The molecule has 17 heavy (non-hydrogen) atoms. The number of nitrogens with zero attached hydrogens (tertiary/aromatic N) is 3. The Balaban J connectivity index is 1.92.